The molecule has 0 saturated heterocycles. The average Bonchev–Trinajstić information content (AvgIpc) is 2.70. The van der Waals surface area contributed by atoms with Crippen molar-refractivity contribution in [3.05, 3.63) is 87.7 Å². The lowest BCUT2D eigenvalue weighted by molar-refractivity contribution is -0.120. The summed E-state index contributed by atoms with van der Waals surface area (Å²) in [5, 5.41) is 3.27. The third kappa shape index (κ3) is 5.72. The zero-order valence-corrected chi connectivity index (χ0v) is 18.4. The maximum Gasteiger partial charge on any atom is 0.261 e. The number of halogens is 2. The van der Waals surface area contributed by atoms with E-state index in [1.54, 1.807) is 30.5 Å². The monoisotopic (exact) mass is 463 g/mol. The largest absolute Gasteiger partial charge is 0.350 e. The Morgan fingerprint density at radius 1 is 1.03 bits per heavy atom. The first-order valence-corrected chi connectivity index (χ1v) is 11.2. The molecule has 2 aromatic carbocycles. The van der Waals surface area contributed by atoms with E-state index in [9.17, 15) is 13.2 Å². The van der Waals surface area contributed by atoms with E-state index in [2.05, 4.69) is 15.0 Å². The Balaban J connectivity index is 1.59. The highest BCUT2D eigenvalue weighted by Gasteiger charge is 2.16. The van der Waals surface area contributed by atoms with Gasteiger partial charge in [0.05, 0.1) is 33.6 Å². The topological polar surface area (TPSA) is 88.2 Å². The number of sulfonamides is 1. The summed E-state index contributed by atoms with van der Waals surface area (Å²) in [6.45, 7) is 2.29. The fourth-order valence-electron chi connectivity index (χ4n) is 2.68. The number of anilines is 1. The molecule has 0 fully saturated rings. The number of amides is 1. The fourth-order valence-corrected chi connectivity index (χ4v) is 4.13. The van der Waals surface area contributed by atoms with Crippen LogP contribution in [0, 0.1) is 6.92 Å². The van der Waals surface area contributed by atoms with Crippen molar-refractivity contribution in [1.29, 1.82) is 0 Å². The third-order valence-electron chi connectivity index (χ3n) is 4.34. The molecule has 2 N–H and O–H groups in total. The van der Waals surface area contributed by atoms with E-state index in [-0.39, 0.29) is 27.3 Å². The van der Waals surface area contributed by atoms with Gasteiger partial charge in [-0.05, 0) is 54.4 Å². The first-order chi connectivity index (χ1) is 14.2. The van der Waals surface area contributed by atoms with Crippen LogP contribution in [0.15, 0.2) is 65.7 Å². The fraction of sp³-hybridized carbons (Fsp3) is 0.143. The van der Waals surface area contributed by atoms with Gasteiger partial charge in [-0.15, -0.1) is 0 Å². The molecule has 0 atom stereocenters. The molecule has 1 heterocycles. The van der Waals surface area contributed by atoms with Crippen LogP contribution in [0.5, 0.6) is 0 Å². The van der Waals surface area contributed by atoms with Gasteiger partial charge in [-0.3, -0.25) is 14.5 Å². The molecule has 156 valence electrons. The van der Waals surface area contributed by atoms with E-state index in [4.69, 9.17) is 23.2 Å². The van der Waals surface area contributed by atoms with Gasteiger partial charge in [0.25, 0.3) is 10.0 Å². The Bertz CT molecular complexity index is 1170. The van der Waals surface area contributed by atoms with Crippen molar-refractivity contribution in [2.24, 2.45) is 0 Å². The number of pyridine rings is 1. The number of carbonyl (C=O) groups is 1. The summed E-state index contributed by atoms with van der Waals surface area (Å²) in [7, 11) is -3.81. The smallest absolute Gasteiger partial charge is 0.261 e. The van der Waals surface area contributed by atoms with Gasteiger partial charge in [0.1, 0.15) is 0 Å². The lowest BCUT2D eigenvalue weighted by Crippen LogP contribution is -2.25. The number of nitrogens with zero attached hydrogens (tertiary/aromatic N) is 1. The molecule has 30 heavy (non-hydrogen) atoms. The van der Waals surface area contributed by atoms with Crippen molar-refractivity contribution in [1.82, 2.24) is 10.3 Å². The number of rotatable bonds is 7. The molecule has 1 amide bonds. The molecule has 9 heteroatoms. The molecule has 0 saturated carbocycles. The molecular weight excluding hydrogens is 445 g/mol. The molecule has 6 nitrogen and oxygen atoms in total. The standard InChI is InChI=1S/C21H19Cl2N3O3S/c1-14-3-2-10-24-20(14)13-25-21(27)11-15-4-6-16(7-5-15)26-30(28,29)17-8-9-18(22)19(23)12-17/h2-10,12,26H,11,13H2,1H3,(H,25,27). The van der Waals surface area contributed by atoms with Crippen molar-refractivity contribution in [2.75, 3.05) is 4.72 Å². The first kappa shape index (κ1) is 22.1. The SMILES string of the molecule is Cc1cccnc1CNC(=O)Cc1ccc(NS(=O)(=O)c2ccc(Cl)c(Cl)c2)cc1. The summed E-state index contributed by atoms with van der Waals surface area (Å²) >= 11 is 11.7. The minimum Gasteiger partial charge on any atom is -0.350 e. The highest BCUT2D eigenvalue weighted by molar-refractivity contribution is 7.92. The average molecular weight is 464 g/mol. The van der Waals surface area contributed by atoms with Crippen molar-refractivity contribution in [3.8, 4) is 0 Å². The Morgan fingerprint density at radius 3 is 2.43 bits per heavy atom. The van der Waals surface area contributed by atoms with Gasteiger partial charge in [0.15, 0.2) is 0 Å². The van der Waals surface area contributed by atoms with E-state index >= 15 is 0 Å². The minimum absolute atomic E-state index is 0.00479. The number of hydrogen-bond acceptors (Lipinski definition) is 4. The second-order valence-corrected chi connectivity index (χ2v) is 9.10. The number of benzene rings is 2. The predicted octanol–water partition coefficient (Wildman–Crippen LogP) is 4.36. The molecule has 3 aromatic rings. The van der Waals surface area contributed by atoms with Crippen LogP contribution >= 0.6 is 23.2 Å². The molecule has 0 radical (unpaired) electrons. The quantitative estimate of drug-likeness (QED) is 0.544. The van der Waals surface area contributed by atoms with Crippen LogP contribution in [0.2, 0.25) is 10.0 Å². The van der Waals surface area contributed by atoms with Crippen molar-refractivity contribution in [2.45, 2.75) is 24.8 Å². The summed E-state index contributed by atoms with van der Waals surface area (Å²) in [5.74, 6) is -0.149. The molecule has 0 aliphatic rings. The lowest BCUT2D eigenvalue weighted by Gasteiger charge is -2.10. The Labute approximate surface area is 185 Å². The maximum absolute atomic E-state index is 12.5. The van der Waals surface area contributed by atoms with Crippen LogP contribution in [0.3, 0.4) is 0 Å². The van der Waals surface area contributed by atoms with Gasteiger partial charge in [-0.2, -0.15) is 0 Å². The van der Waals surface area contributed by atoms with Crippen molar-refractivity contribution in [3.63, 3.8) is 0 Å². The Hall–Kier alpha value is -2.61. The number of carbonyl (C=O) groups excluding carboxylic acids is 1. The van der Waals surface area contributed by atoms with Gasteiger partial charge < -0.3 is 5.32 Å². The number of nitrogens with one attached hydrogen (secondary N) is 2. The lowest BCUT2D eigenvalue weighted by atomic mass is 10.1. The second kappa shape index (κ2) is 9.47. The summed E-state index contributed by atoms with van der Waals surface area (Å²) in [4.78, 5) is 16.4. The molecule has 0 aliphatic heterocycles. The molecule has 3 rings (SSSR count). The summed E-state index contributed by atoms with van der Waals surface area (Å²) in [5.41, 5.74) is 2.95. The zero-order valence-electron chi connectivity index (χ0n) is 16.0. The van der Waals surface area contributed by atoms with Crippen LogP contribution in [0.25, 0.3) is 0 Å². The van der Waals surface area contributed by atoms with Crippen LogP contribution in [-0.4, -0.2) is 19.3 Å². The molecular formula is C21H19Cl2N3O3S. The summed E-state index contributed by atoms with van der Waals surface area (Å²) in [6.07, 6.45) is 1.86. The normalized spacial score (nSPS) is 11.2. The van der Waals surface area contributed by atoms with Gasteiger partial charge in [-0.25, -0.2) is 8.42 Å². The van der Waals surface area contributed by atoms with Gasteiger partial charge in [0.2, 0.25) is 5.91 Å². The molecule has 0 unspecified atom stereocenters. The van der Waals surface area contributed by atoms with E-state index in [0.29, 0.717) is 12.2 Å². The number of aromatic nitrogens is 1. The first-order valence-electron chi connectivity index (χ1n) is 8.98. The van der Waals surface area contributed by atoms with E-state index in [1.807, 2.05) is 19.1 Å². The molecule has 0 spiro atoms. The van der Waals surface area contributed by atoms with Crippen LogP contribution < -0.4 is 10.0 Å². The minimum atomic E-state index is -3.81. The Kier molecular flexibility index (Phi) is 6.97. The van der Waals surface area contributed by atoms with Gasteiger partial charge >= 0.3 is 0 Å². The third-order valence-corrected chi connectivity index (χ3v) is 6.46. The van der Waals surface area contributed by atoms with Crippen LogP contribution in [0.1, 0.15) is 16.8 Å². The highest BCUT2D eigenvalue weighted by Crippen LogP contribution is 2.26. The number of aryl methyl sites for hydroxylation is 1. The Morgan fingerprint density at radius 2 is 1.77 bits per heavy atom. The predicted molar refractivity (Wildman–Crippen MR) is 118 cm³/mol. The molecule has 1 aromatic heterocycles. The van der Waals surface area contributed by atoms with Crippen LogP contribution in [0.4, 0.5) is 5.69 Å². The maximum atomic E-state index is 12.5. The summed E-state index contributed by atoms with van der Waals surface area (Å²) < 4.78 is 27.5. The second-order valence-electron chi connectivity index (χ2n) is 6.60. The van der Waals surface area contributed by atoms with Crippen LogP contribution in [-0.2, 0) is 27.8 Å². The molecule has 0 bridgehead atoms. The van der Waals surface area contributed by atoms with E-state index in [1.165, 1.54) is 18.2 Å². The zero-order chi connectivity index (χ0) is 21.7. The van der Waals surface area contributed by atoms with Crippen molar-refractivity contribution < 1.29 is 13.2 Å². The van der Waals surface area contributed by atoms with Gasteiger partial charge in [0, 0.05) is 11.9 Å². The number of hydrogen-bond donors (Lipinski definition) is 2. The van der Waals surface area contributed by atoms with Crippen molar-refractivity contribution >= 4 is 44.8 Å². The van der Waals surface area contributed by atoms with E-state index < -0.39 is 10.0 Å². The summed E-state index contributed by atoms with van der Waals surface area (Å²) in [6, 6.07) is 14.4. The van der Waals surface area contributed by atoms with Gasteiger partial charge in [-0.1, -0.05) is 41.4 Å². The molecule has 0 aliphatic carbocycles. The highest BCUT2D eigenvalue weighted by atomic mass is 35.5. The van der Waals surface area contributed by atoms with E-state index in [0.717, 1.165) is 16.8 Å².